The Morgan fingerprint density at radius 1 is 1.08 bits per heavy atom. The molecule has 2 heterocycles. The number of hydrogen-bond acceptors (Lipinski definition) is 4. The number of carbonyl (C=O) groups is 3. The van der Waals surface area contributed by atoms with Crippen LogP contribution in [0.1, 0.15) is 38.7 Å². The summed E-state index contributed by atoms with van der Waals surface area (Å²) in [5, 5.41) is 3.48. The van der Waals surface area contributed by atoms with Crippen LogP contribution in [0.2, 0.25) is 5.02 Å². The molecule has 5 rings (SSSR count). The van der Waals surface area contributed by atoms with E-state index in [0.717, 1.165) is 27.9 Å². The van der Waals surface area contributed by atoms with Crippen LogP contribution in [0.3, 0.4) is 0 Å². The topological polar surface area (TPSA) is 95.2 Å². The highest BCUT2D eigenvalue weighted by Crippen LogP contribution is 2.39. The fraction of sp³-hybridized carbons (Fsp3) is 0.143. The molecule has 180 valence electrons. The Bertz CT molecular complexity index is 1480. The van der Waals surface area contributed by atoms with Crippen molar-refractivity contribution in [1.82, 2.24) is 15.3 Å². The van der Waals surface area contributed by atoms with Gasteiger partial charge in [0.25, 0.3) is 5.78 Å². The molecule has 0 aliphatic carbocycles. The second kappa shape index (κ2) is 9.43. The lowest BCUT2D eigenvalue weighted by Crippen LogP contribution is -2.43. The molecule has 0 radical (unpaired) electrons. The van der Waals surface area contributed by atoms with Crippen LogP contribution in [0, 0.1) is 13.8 Å². The molecule has 0 saturated heterocycles. The van der Waals surface area contributed by atoms with Gasteiger partial charge in [-0.1, -0.05) is 54.1 Å². The summed E-state index contributed by atoms with van der Waals surface area (Å²) in [5.74, 6) is -1.74. The van der Waals surface area contributed by atoms with Crippen molar-refractivity contribution in [2.45, 2.75) is 26.4 Å². The van der Waals surface area contributed by atoms with E-state index >= 15 is 0 Å². The minimum Gasteiger partial charge on any atom is -0.350 e. The molecule has 36 heavy (non-hydrogen) atoms. The van der Waals surface area contributed by atoms with Crippen molar-refractivity contribution >= 4 is 34.9 Å². The summed E-state index contributed by atoms with van der Waals surface area (Å²) in [6, 6.07) is 17.0. The SMILES string of the molecule is Cc1cc(C)c2c(c1)C(=O)C(=O)N2C(C(=O)NCc1cccc(Cl)c1)c1ccc(-c2cnc[nH]2)cc1. The number of ketones is 1. The van der Waals surface area contributed by atoms with E-state index in [2.05, 4.69) is 15.3 Å². The van der Waals surface area contributed by atoms with Gasteiger partial charge in [-0.2, -0.15) is 0 Å². The van der Waals surface area contributed by atoms with E-state index in [1.165, 1.54) is 4.90 Å². The highest BCUT2D eigenvalue weighted by molar-refractivity contribution is 6.53. The number of rotatable bonds is 6. The summed E-state index contributed by atoms with van der Waals surface area (Å²) in [6.45, 7) is 3.93. The molecule has 1 aliphatic rings. The van der Waals surface area contributed by atoms with Gasteiger partial charge in [-0.25, -0.2) is 4.98 Å². The van der Waals surface area contributed by atoms with Gasteiger partial charge in [0.05, 0.1) is 29.5 Å². The monoisotopic (exact) mass is 498 g/mol. The Hall–Kier alpha value is -4.23. The zero-order valence-electron chi connectivity index (χ0n) is 19.7. The standard InChI is InChI=1S/C28H23ClN4O3/c1-16-10-17(2)24-22(11-16)26(34)28(36)33(24)25(27(35)31-13-18-4-3-5-21(29)12-18)20-8-6-19(7-9-20)23-14-30-15-32-23/h3-12,14-15,25H,13H2,1-2H3,(H,30,32)(H,31,35). The van der Waals surface area contributed by atoms with Gasteiger partial charge >= 0.3 is 5.91 Å². The lowest BCUT2D eigenvalue weighted by molar-refractivity contribution is -0.125. The van der Waals surface area contributed by atoms with Gasteiger partial charge in [0.1, 0.15) is 6.04 Å². The first-order valence-corrected chi connectivity index (χ1v) is 11.8. The number of aromatic amines is 1. The third kappa shape index (κ3) is 4.29. The molecule has 1 atom stereocenters. The number of halogens is 1. The Kier molecular flexibility index (Phi) is 6.16. The van der Waals surface area contributed by atoms with Crippen molar-refractivity contribution in [3.05, 3.63) is 106 Å². The molecular formula is C28H23ClN4O3. The molecule has 3 aromatic carbocycles. The maximum atomic E-state index is 13.7. The molecule has 2 N–H and O–H groups in total. The van der Waals surface area contributed by atoms with Gasteiger partial charge in [0.15, 0.2) is 0 Å². The quantitative estimate of drug-likeness (QED) is 0.368. The number of hydrogen-bond donors (Lipinski definition) is 2. The highest BCUT2D eigenvalue weighted by Gasteiger charge is 2.44. The highest BCUT2D eigenvalue weighted by atomic mass is 35.5. The Morgan fingerprint density at radius 2 is 1.86 bits per heavy atom. The van der Waals surface area contributed by atoms with E-state index in [-0.39, 0.29) is 6.54 Å². The summed E-state index contributed by atoms with van der Waals surface area (Å²) in [5.41, 5.74) is 5.52. The molecule has 0 spiro atoms. The zero-order valence-corrected chi connectivity index (χ0v) is 20.5. The Balaban J connectivity index is 1.55. The van der Waals surface area contributed by atoms with E-state index in [0.29, 0.717) is 21.8 Å². The number of amides is 2. The van der Waals surface area contributed by atoms with Crippen LogP contribution >= 0.6 is 11.6 Å². The number of benzene rings is 3. The fourth-order valence-electron chi connectivity index (χ4n) is 4.63. The Morgan fingerprint density at radius 3 is 2.56 bits per heavy atom. The molecule has 4 aromatic rings. The van der Waals surface area contributed by atoms with Crippen molar-refractivity contribution in [3.63, 3.8) is 0 Å². The minimum absolute atomic E-state index is 0.220. The van der Waals surface area contributed by atoms with Crippen molar-refractivity contribution < 1.29 is 14.4 Å². The molecule has 0 saturated carbocycles. The van der Waals surface area contributed by atoms with E-state index in [1.807, 2.05) is 38.1 Å². The van der Waals surface area contributed by atoms with Gasteiger partial charge in [-0.05, 0) is 59.9 Å². The van der Waals surface area contributed by atoms with Crippen LogP contribution < -0.4 is 10.2 Å². The van der Waals surface area contributed by atoms with Gasteiger partial charge in [0, 0.05) is 11.6 Å². The van der Waals surface area contributed by atoms with Crippen LogP contribution in [-0.4, -0.2) is 27.6 Å². The van der Waals surface area contributed by atoms with E-state index in [1.54, 1.807) is 48.9 Å². The molecule has 1 aromatic heterocycles. The number of carbonyl (C=O) groups excluding carboxylic acids is 3. The number of aromatic nitrogens is 2. The normalized spacial score (nSPS) is 13.6. The number of nitrogens with one attached hydrogen (secondary N) is 2. The maximum Gasteiger partial charge on any atom is 0.300 e. The first-order valence-electron chi connectivity index (χ1n) is 11.4. The lowest BCUT2D eigenvalue weighted by atomic mass is 9.99. The predicted octanol–water partition coefficient (Wildman–Crippen LogP) is 4.93. The number of Topliss-reactive ketones (excluding diaryl/α,β-unsaturated/α-hetero) is 1. The number of imidazole rings is 1. The van der Waals surface area contributed by atoms with Gasteiger partial charge < -0.3 is 10.3 Å². The number of nitrogens with zero attached hydrogens (tertiary/aromatic N) is 2. The minimum atomic E-state index is -1.04. The van der Waals surface area contributed by atoms with Crippen LogP contribution in [0.5, 0.6) is 0 Å². The van der Waals surface area contributed by atoms with Gasteiger partial charge in [-0.3, -0.25) is 19.3 Å². The maximum absolute atomic E-state index is 13.7. The third-order valence-corrected chi connectivity index (χ3v) is 6.48. The van der Waals surface area contributed by atoms with Crippen molar-refractivity contribution in [2.24, 2.45) is 0 Å². The van der Waals surface area contributed by atoms with Crippen LogP contribution in [-0.2, 0) is 16.1 Å². The third-order valence-electron chi connectivity index (χ3n) is 6.24. The predicted molar refractivity (Wildman–Crippen MR) is 138 cm³/mol. The van der Waals surface area contributed by atoms with E-state index < -0.39 is 23.6 Å². The number of aryl methyl sites for hydroxylation is 2. The average Bonchev–Trinajstić information content (AvgIpc) is 3.48. The molecule has 1 unspecified atom stereocenters. The van der Waals surface area contributed by atoms with Crippen LogP contribution in [0.4, 0.5) is 5.69 Å². The van der Waals surface area contributed by atoms with E-state index in [4.69, 9.17) is 11.6 Å². The number of anilines is 1. The van der Waals surface area contributed by atoms with Crippen molar-refractivity contribution in [2.75, 3.05) is 4.90 Å². The van der Waals surface area contributed by atoms with Gasteiger partial charge in [0.2, 0.25) is 5.91 Å². The number of fused-ring (bicyclic) bond motifs is 1. The lowest BCUT2D eigenvalue weighted by Gasteiger charge is -2.29. The molecule has 0 fully saturated rings. The second-order valence-electron chi connectivity index (χ2n) is 8.82. The first kappa shape index (κ1) is 23.5. The average molecular weight is 499 g/mol. The molecule has 8 heteroatoms. The van der Waals surface area contributed by atoms with Crippen LogP contribution in [0.15, 0.2) is 73.2 Å². The van der Waals surface area contributed by atoms with E-state index in [9.17, 15) is 14.4 Å². The first-order chi connectivity index (χ1) is 17.3. The van der Waals surface area contributed by atoms with Crippen molar-refractivity contribution in [3.8, 4) is 11.3 Å². The van der Waals surface area contributed by atoms with Crippen molar-refractivity contribution in [1.29, 1.82) is 0 Å². The second-order valence-corrected chi connectivity index (χ2v) is 9.26. The fourth-order valence-corrected chi connectivity index (χ4v) is 4.85. The molecule has 7 nitrogen and oxygen atoms in total. The van der Waals surface area contributed by atoms with Gasteiger partial charge in [-0.15, -0.1) is 0 Å². The summed E-state index contributed by atoms with van der Waals surface area (Å²) < 4.78 is 0. The summed E-state index contributed by atoms with van der Waals surface area (Å²) in [6.07, 6.45) is 3.29. The Labute approximate surface area is 213 Å². The summed E-state index contributed by atoms with van der Waals surface area (Å²) in [4.78, 5) is 48.3. The van der Waals surface area contributed by atoms with Crippen LogP contribution in [0.25, 0.3) is 11.3 Å². The summed E-state index contributed by atoms with van der Waals surface area (Å²) in [7, 11) is 0. The smallest absolute Gasteiger partial charge is 0.300 e. The summed E-state index contributed by atoms with van der Waals surface area (Å²) >= 11 is 6.09. The number of H-pyrrole nitrogens is 1. The largest absolute Gasteiger partial charge is 0.350 e. The molecule has 0 bridgehead atoms. The zero-order chi connectivity index (χ0) is 25.4. The molecule has 2 amide bonds. The molecule has 1 aliphatic heterocycles. The molecular weight excluding hydrogens is 476 g/mol.